The van der Waals surface area contributed by atoms with Gasteiger partial charge in [0.2, 0.25) is 11.8 Å². The summed E-state index contributed by atoms with van der Waals surface area (Å²) in [6, 6.07) is 7.90. The number of benzene rings is 1. The molecular weight excluding hydrogens is 342 g/mol. The Morgan fingerprint density at radius 2 is 1.96 bits per heavy atom. The fourth-order valence-corrected chi connectivity index (χ4v) is 2.85. The molecule has 0 N–H and O–H groups in total. The largest absolute Gasteiger partial charge is 0.339 e. The molecule has 0 aliphatic rings. The summed E-state index contributed by atoms with van der Waals surface area (Å²) >= 11 is 0. The maximum Gasteiger partial charge on any atom is 0.226 e. The van der Waals surface area contributed by atoms with Gasteiger partial charge in [-0.3, -0.25) is 4.79 Å². The number of aromatic nitrogens is 4. The van der Waals surface area contributed by atoms with E-state index in [0.29, 0.717) is 43.3 Å². The highest BCUT2D eigenvalue weighted by atomic mass is 16.5. The van der Waals surface area contributed by atoms with Gasteiger partial charge in [-0.2, -0.15) is 4.98 Å². The Morgan fingerprint density at radius 3 is 2.70 bits per heavy atom. The number of carbonyl (C=O) groups is 1. The van der Waals surface area contributed by atoms with Crippen LogP contribution in [0.15, 0.2) is 28.8 Å². The van der Waals surface area contributed by atoms with E-state index in [1.807, 2.05) is 45.0 Å². The maximum atomic E-state index is 12.4. The lowest BCUT2D eigenvalue weighted by atomic mass is 10.2. The molecule has 0 atom stereocenters. The van der Waals surface area contributed by atoms with Crippen molar-refractivity contribution >= 4 is 16.8 Å². The van der Waals surface area contributed by atoms with Crippen molar-refractivity contribution in [1.29, 1.82) is 0 Å². The fraction of sp³-hybridized carbons (Fsp3) is 0.450. The molecule has 142 valence electrons. The fourth-order valence-electron chi connectivity index (χ4n) is 2.85. The van der Waals surface area contributed by atoms with E-state index < -0.39 is 0 Å². The molecule has 7 heteroatoms. The molecule has 2 aromatic heterocycles. The summed E-state index contributed by atoms with van der Waals surface area (Å²) in [5.74, 6) is 2.23. The van der Waals surface area contributed by atoms with Crippen molar-refractivity contribution in [2.24, 2.45) is 0 Å². The number of amides is 1. The molecule has 0 aliphatic carbocycles. The second-order valence-electron chi connectivity index (χ2n) is 7.05. The number of carbonyl (C=O) groups excluding carboxylic acids is 1. The van der Waals surface area contributed by atoms with Gasteiger partial charge in [0.05, 0.1) is 12.1 Å². The number of aryl methyl sites for hydroxylation is 2. The Kier molecular flexibility index (Phi) is 5.78. The first-order valence-electron chi connectivity index (χ1n) is 9.22. The second kappa shape index (κ2) is 8.24. The lowest BCUT2D eigenvalue weighted by Gasteiger charge is -2.16. The van der Waals surface area contributed by atoms with Crippen molar-refractivity contribution in [3.05, 3.63) is 47.5 Å². The summed E-state index contributed by atoms with van der Waals surface area (Å²) < 4.78 is 5.21. The van der Waals surface area contributed by atoms with Gasteiger partial charge in [-0.15, -0.1) is 0 Å². The normalized spacial score (nSPS) is 11.3. The average Bonchev–Trinajstić information content (AvgIpc) is 3.11. The molecule has 1 aromatic carbocycles. The summed E-state index contributed by atoms with van der Waals surface area (Å²) in [5.41, 5.74) is 1.83. The zero-order valence-corrected chi connectivity index (χ0v) is 16.3. The van der Waals surface area contributed by atoms with Crippen molar-refractivity contribution in [2.75, 3.05) is 7.05 Å². The molecule has 0 aliphatic heterocycles. The van der Waals surface area contributed by atoms with Crippen molar-refractivity contribution in [1.82, 2.24) is 25.0 Å². The molecule has 0 unspecified atom stereocenters. The zero-order chi connectivity index (χ0) is 19.4. The van der Waals surface area contributed by atoms with Gasteiger partial charge >= 0.3 is 0 Å². The highest BCUT2D eigenvalue weighted by Gasteiger charge is 2.14. The van der Waals surface area contributed by atoms with Crippen molar-refractivity contribution < 1.29 is 9.32 Å². The molecule has 27 heavy (non-hydrogen) atoms. The van der Waals surface area contributed by atoms with E-state index in [4.69, 9.17) is 4.52 Å². The average molecular weight is 367 g/mol. The first kappa shape index (κ1) is 18.9. The van der Waals surface area contributed by atoms with Crippen LogP contribution in [0, 0.1) is 6.92 Å². The molecule has 7 nitrogen and oxygen atoms in total. The third kappa shape index (κ3) is 4.67. The SMILES string of the molecule is Cc1nc(CN(C)C(=O)CCCc2nc(C(C)C)no2)nc2ccccc12. The van der Waals surface area contributed by atoms with Crippen LogP contribution >= 0.6 is 0 Å². The first-order chi connectivity index (χ1) is 12.9. The van der Waals surface area contributed by atoms with E-state index in [9.17, 15) is 4.79 Å². The summed E-state index contributed by atoms with van der Waals surface area (Å²) in [6.45, 7) is 6.39. The molecular formula is C20H25N5O2. The van der Waals surface area contributed by atoms with Crippen LogP contribution in [0.2, 0.25) is 0 Å². The topological polar surface area (TPSA) is 85.0 Å². The molecule has 0 saturated heterocycles. The van der Waals surface area contributed by atoms with Gasteiger partial charge in [0, 0.05) is 36.9 Å². The van der Waals surface area contributed by atoms with Crippen LogP contribution in [0.25, 0.3) is 10.9 Å². The molecule has 0 fully saturated rings. The van der Waals surface area contributed by atoms with Gasteiger partial charge in [-0.1, -0.05) is 37.2 Å². The van der Waals surface area contributed by atoms with Crippen molar-refractivity contribution in [3.63, 3.8) is 0 Å². The predicted octanol–water partition coefficient (Wildman–Crippen LogP) is 3.43. The molecule has 2 heterocycles. The van der Waals surface area contributed by atoms with Crippen LogP contribution in [-0.4, -0.2) is 38.0 Å². The van der Waals surface area contributed by atoms with Crippen molar-refractivity contribution in [2.45, 2.75) is 52.5 Å². The minimum Gasteiger partial charge on any atom is -0.339 e. The molecule has 3 rings (SSSR count). The second-order valence-corrected chi connectivity index (χ2v) is 7.05. The highest BCUT2D eigenvalue weighted by molar-refractivity contribution is 5.80. The van der Waals surface area contributed by atoms with E-state index in [2.05, 4.69) is 20.1 Å². The van der Waals surface area contributed by atoms with Crippen molar-refractivity contribution in [3.8, 4) is 0 Å². The van der Waals surface area contributed by atoms with Gasteiger partial charge in [0.15, 0.2) is 5.82 Å². The van der Waals surface area contributed by atoms with Gasteiger partial charge in [-0.05, 0) is 19.4 Å². The zero-order valence-electron chi connectivity index (χ0n) is 16.3. The number of fused-ring (bicyclic) bond motifs is 1. The summed E-state index contributed by atoms with van der Waals surface area (Å²) in [7, 11) is 1.78. The monoisotopic (exact) mass is 367 g/mol. The number of hydrogen-bond acceptors (Lipinski definition) is 6. The maximum absolute atomic E-state index is 12.4. The number of para-hydroxylation sites is 1. The minimum absolute atomic E-state index is 0.0491. The summed E-state index contributed by atoms with van der Waals surface area (Å²) in [5, 5.41) is 4.98. The number of nitrogens with zero attached hydrogens (tertiary/aromatic N) is 5. The van der Waals surface area contributed by atoms with Crippen LogP contribution in [0.1, 0.15) is 55.8 Å². The first-order valence-corrected chi connectivity index (χ1v) is 9.22. The molecule has 0 spiro atoms. The molecule has 1 amide bonds. The Bertz CT molecular complexity index is 935. The number of hydrogen-bond donors (Lipinski definition) is 0. The lowest BCUT2D eigenvalue weighted by Crippen LogP contribution is -2.27. The van der Waals surface area contributed by atoms with E-state index in [1.165, 1.54) is 0 Å². The van der Waals surface area contributed by atoms with Gasteiger partial charge in [-0.25, -0.2) is 9.97 Å². The molecule has 0 radical (unpaired) electrons. The van der Waals surface area contributed by atoms with E-state index >= 15 is 0 Å². The Morgan fingerprint density at radius 1 is 1.19 bits per heavy atom. The molecule has 3 aromatic rings. The smallest absolute Gasteiger partial charge is 0.226 e. The van der Waals surface area contributed by atoms with Gasteiger partial charge in [0.1, 0.15) is 5.82 Å². The quantitative estimate of drug-likeness (QED) is 0.636. The van der Waals surface area contributed by atoms with Crippen LogP contribution in [0.3, 0.4) is 0 Å². The summed E-state index contributed by atoms with van der Waals surface area (Å²) in [4.78, 5) is 27.5. The lowest BCUT2D eigenvalue weighted by molar-refractivity contribution is -0.130. The van der Waals surface area contributed by atoms with Crippen LogP contribution < -0.4 is 0 Å². The molecule has 0 bridgehead atoms. The van der Waals surface area contributed by atoms with Gasteiger partial charge in [0.25, 0.3) is 0 Å². The third-order valence-electron chi connectivity index (χ3n) is 4.43. The molecule has 0 saturated carbocycles. The summed E-state index contributed by atoms with van der Waals surface area (Å²) in [6.07, 6.45) is 1.69. The van der Waals surface area contributed by atoms with E-state index in [1.54, 1.807) is 11.9 Å². The highest BCUT2D eigenvalue weighted by Crippen LogP contribution is 2.16. The Hall–Kier alpha value is -2.83. The third-order valence-corrected chi connectivity index (χ3v) is 4.43. The van der Waals surface area contributed by atoms with Gasteiger partial charge < -0.3 is 9.42 Å². The number of rotatable bonds is 7. The Labute approximate surface area is 158 Å². The van der Waals surface area contributed by atoms with Crippen LogP contribution in [0.4, 0.5) is 0 Å². The van der Waals surface area contributed by atoms with E-state index in [-0.39, 0.29) is 11.8 Å². The van der Waals surface area contributed by atoms with Crippen LogP contribution in [-0.2, 0) is 17.8 Å². The van der Waals surface area contributed by atoms with E-state index in [0.717, 1.165) is 16.6 Å². The predicted molar refractivity (Wildman–Crippen MR) is 102 cm³/mol. The Balaban J connectivity index is 1.54. The standard InChI is InChI=1S/C20H25N5O2/c1-13(2)20-23-18(27-24-20)10-7-11-19(26)25(4)12-17-21-14(3)15-8-5-6-9-16(15)22-17/h5-6,8-9,13H,7,10-12H2,1-4H3. The van der Waals surface area contributed by atoms with Crippen LogP contribution in [0.5, 0.6) is 0 Å². The minimum atomic E-state index is 0.0491.